The summed E-state index contributed by atoms with van der Waals surface area (Å²) in [5, 5.41) is 2.99. The zero-order chi connectivity index (χ0) is 14.4. The van der Waals surface area contributed by atoms with E-state index in [1.54, 1.807) is 0 Å². The van der Waals surface area contributed by atoms with Gasteiger partial charge in [-0.05, 0) is 25.5 Å². The molecule has 5 heteroatoms. The number of carbonyl (C=O) groups is 1. The van der Waals surface area contributed by atoms with E-state index in [9.17, 15) is 4.79 Å². The number of amides is 1. The smallest absolute Gasteiger partial charge is 0.224 e. The van der Waals surface area contributed by atoms with Crippen LogP contribution < -0.4 is 16.0 Å². The van der Waals surface area contributed by atoms with E-state index >= 15 is 0 Å². The van der Waals surface area contributed by atoms with Crippen molar-refractivity contribution in [1.29, 1.82) is 0 Å². The molecule has 3 N–H and O–H groups in total. The van der Waals surface area contributed by atoms with E-state index in [2.05, 4.69) is 10.2 Å². The third-order valence-electron chi connectivity index (χ3n) is 3.36. The predicted molar refractivity (Wildman–Crippen MR) is 81.0 cm³/mol. The van der Waals surface area contributed by atoms with E-state index in [1.807, 2.05) is 31.2 Å². The van der Waals surface area contributed by atoms with Gasteiger partial charge in [0.1, 0.15) is 0 Å². The van der Waals surface area contributed by atoms with Crippen molar-refractivity contribution in [3.8, 4) is 0 Å². The molecule has 0 radical (unpaired) electrons. The lowest BCUT2D eigenvalue weighted by atomic mass is 10.1. The minimum absolute atomic E-state index is 0.0167. The number of hydrogen-bond donors (Lipinski definition) is 2. The maximum absolute atomic E-state index is 11.9. The Morgan fingerprint density at radius 1 is 1.40 bits per heavy atom. The zero-order valence-corrected chi connectivity index (χ0v) is 12.0. The number of nitrogens with two attached hydrogens (primary N) is 1. The Labute approximate surface area is 120 Å². The molecular weight excluding hydrogens is 254 g/mol. The van der Waals surface area contributed by atoms with Gasteiger partial charge in [-0.25, -0.2) is 0 Å². The molecule has 0 spiro atoms. The van der Waals surface area contributed by atoms with Crippen LogP contribution in [0.25, 0.3) is 0 Å². The number of para-hydroxylation sites is 2. The van der Waals surface area contributed by atoms with E-state index in [-0.39, 0.29) is 11.9 Å². The summed E-state index contributed by atoms with van der Waals surface area (Å²) < 4.78 is 5.36. The molecule has 1 aromatic carbocycles. The molecular formula is C15H23N3O2. The number of anilines is 2. The summed E-state index contributed by atoms with van der Waals surface area (Å²) >= 11 is 0. The number of carbonyl (C=O) groups excluding carboxylic acids is 1. The van der Waals surface area contributed by atoms with Gasteiger partial charge in [0.05, 0.1) is 24.6 Å². The van der Waals surface area contributed by atoms with Gasteiger partial charge in [0.15, 0.2) is 0 Å². The van der Waals surface area contributed by atoms with Crippen LogP contribution in [0.4, 0.5) is 11.4 Å². The molecule has 1 heterocycles. The summed E-state index contributed by atoms with van der Waals surface area (Å²) in [6.07, 6.45) is 1.15. The summed E-state index contributed by atoms with van der Waals surface area (Å²) in [6, 6.07) is 7.95. The van der Waals surface area contributed by atoms with Crippen LogP contribution in [0.3, 0.4) is 0 Å². The van der Waals surface area contributed by atoms with Gasteiger partial charge in [0.25, 0.3) is 0 Å². The third kappa shape index (κ3) is 4.21. The van der Waals surface area contributed by atoms with Crippen molar-refractivity contribution in [1.82, 2.24) is 0 Å². The van der Waals surface area contributed by atoms with Gasteiger partial charge in [-0.1, -0.05) is 12.1 Å². The minimum atomic E-state index is 0.0167. The number of nitrogens with one attached hydrogen (secondary N) is 1. The van der Waals surface area contributed by atoms with Crippen molar-refractivity contribution in [2.75, 3.05) is 36.5 Å². The number of nitrogens with zero attached hydrogens (tertiary/aromatic N) is 1. The second-order valence-electron chi connectivity index (χ2n) is 5.18. The van der Waals surface area contributed by atoms with Crippen LogP contribution in [0, 0.1) is 0 Å². The highest BCUT2D eigenvalue weighted by Crippen LogP contribution is 2.26. The summed E-state index contributed by atoms with van der Waals surface area (Å²) in [7, 11) is 0. The van der Waals surface area contributed by atoms with E-state index in [0.29, 0.717) is 12.8 Å². The molecule has 0 aromatic heterocycles. The molecule has 1 aliphatic rings. The van der Waals surface area contributed by atoms with Crippen molar-refractivity contribution in [3.05, 3.63) is 24.3 Å². The van der Waals surface area contributed by atoms with Crippen LogP contribution in [-0.4, -0.2) is 38.3 Å². The molecule has 1 fully saturated rings. The molecule has 110 valence electrons. The fourth-order valence-corrected chi connectivity index (χ4v) is 2.23. The fraction of sp³-hybridized carbons (Fsp3) is 0.533. The maximum Gasteiger partial charge on any atom is 0.224 e. The molecule has 0 bridgehead atoms. The van der Waals surface area contributed by atoms with Crippen LogP contribution in [0.2, 0.25) is 0 Å². The summed E-state index contributed by atoms with van der Waals surface area (Å²) in [5.74, 6) is 0.0167. The molecule has 1 amide bonds. The Morgan fingerprint density at radius 3 is 2.80 bits per heavy atom. The lowest BCUT2D eigenvalue weighted by Gasteiger charge is -2.30. The minimum Gasteiger partial charge on any atom is -0.378 e. The van der Waals surface area contributed by atoms with Crippen LogP contribution >= 0.6 is 0 Å². The number of hydrogen-bond acceptors (Lipinski definition) is 4. The van der Waals surface area contributed by atoms with Gasteiger partial charge in [0, 0.05) is 25.6 Å². The van der Waals surface area contributed by atoms with E-state index < -0.39 is 0 Å². The van der Waals surface area contributed by atoms with E-state index in [0.717, 1.165) is 37.7 Å². The van der Waals surface area contributed by atoms with Crippen LogP contribution in [-0.2, 0) is 9.53 Å². The van der Waals surface area contributed by atoms with Crippen molar-refractivity contribution in [2.45, 2.75) is 25.8 Å². The Balaban J connectivity index is 2.01. The molecule has 5 nitrogen and oxygen atoms in total. The first-order valence-corrected chi connectivity index (χ1v) is 7.14. The van der Waals surface area contributed by atoms with Crippen LogP contribution in [0.15, 0.2) is 24.3 Å². The standard InChI is InChI=1S/C15H23N3O2/c1-12(16)6-7-15(19)17-13-4-2-3-5-14(13)18-8-10-20-11-9-18/h2-5,12H,6-11,16H2,1H3,(H,17,19). The maximum atomic E-state index is 11.9. The van der Waals surface area contributed by atoms with Crippen LogP contribution in [0.1, 0.15) is 19.8 Å². The fourth-order valence-electron chi connectivity index (χ4n) is 2.23. The molecule has 0 saturated carbocycles. The SMILES string of the molecule is CC(N)CCC(=O)Nc1ccccc1N1CCOCC1. The van der Waals surface area contributed by atoms with Gasteiger partial charge in [-0.2, -0.15) is 0 Å². The van der Waals surface area contributed by atoms with Gasteiger partial charge < -0.3 is 20.7 Å². The second-order valence-corrected chi connectivity index (χ2v) is 5.18. The molecule has 1 aromatic rings. The lowest BCUT2D eigenvalue weighted by molar-refractivity contribution is -0.116. The Kier molecular flexibility index (Phi) is 5.38. The van der Waals surface area contributed by atoms with E-state index in [1.165, 1.54) is 0 Å². The highest BCUT2D eigenvalue weighted by atomic mass is 16.5. The number of rotatable bonds is 5. The molecule has 1 atom stereocenters. The first kappa shape index (κ1) is 14.8. The summed E-state index contributed by atoms with van der Waals surface area (Å²) in [5.41, 5.74) is 7.60. The highest BCUT2D eigenvalue weighted by Gasteiger charge is 2.15. The molecule has 20 heavy (non-hydrogen) atoms. The number of ether oxygens (including phenoxy) is 1. The molecule has 1 aliphatic heterocycles. The average molecular weight is 277 g/mol. The number of morpholine rings is 1. The lowest BCUT2D eigenvalue weighted by Crippen LogP contribution is -2.36. The third-order valence-corrected chi connectivity index (χ3v) is 3.36. The second kappa shape index (κ2) is 7.26. The van der Waals surface area contributed by atoms with Crippen molar-refractivity contribution < 1.29 is 9.53 Å². The van der Waals surface area contributed by atoms with Gasteiger partial charge in [-0.3, -0.25) is 4.79 Å². The predicted octanol–water partition coefficient (Wildman–Crippen LogP) is 1.59. The zero-order valence-electron chi connectivity index (χ0n) is 12.0. The first-order chi connectivity index (χ1) is 9.66. The molecule has 0 aliphatic carbocycles. The first-order valence-electron chi connectivity index (χ1n) is 7.14. The summed E-state index contributed by atoms with van der Waals surface area (Å²) in [4.78, 5) is 14.2. The van der Waals surface area contributed by atoms with Crippen LogP contribution in [0.5, 0.6) is 0 Å². The monoisotopic (exact) mass is 277 g/mol. The molecule has 1 saturated heterocycles. The van der Waals surface area contributed by atoms with Crippen molar-refractivity contribution >= 4 is 17.3 Å². The largest absolute Gasteiger partial charge is 0.378 e. The highest BCUT2D eigenvalue weighted by molar-refractivity contribution is 5.94. The van der Waals surface area contributed by atoms with Gasteiger partial charge in [0.2, 0.25) is 5.91 Å². The quantitative estimate of drug-likeness (QED) is 0.857. The summed E-state index contributed by atoms with van der Waals surface area (Å²) in [6.45, 7) is 5.08. The van der Waals surface area contributed by atoms with E-state index in [4.69, 9.17) is 10.5 Å². The molecule has 2 rings (SSSR count). The normalized spacial score (nSPS) is 16.8. The number of benzene rings is 1. The van der Waals surface area contributed by atoms with Gasteiger partial charge >= 0.3 is 0 Å². The average Bonchev–Trinajstić information content (AvgIpc) is 2.47. The van der Waals surface area contributed by atoms with Gasteiger partial charge in [-0.15, -0.1) is 0 Å². The Morgan fingerprint density at radius 2 is 2.10 bits per heavy atom. The molecule has 1 unspecified atom stereocenters. The topological polar surface area (TPSA) is 67.6 Å². The van der Waals surface area contributed by atoms with Crippen molar-refractivity contribution in [3.63, 3.8) is 0 Å². The van der Waals surface area contributed by atoms with Crippen molar-refractivity contribution in [2.24, 2.45) is 5.73 Å². The Bertz CT molecular complexity index is 442. The Hall–Kier alpha value is -1.59.